The minimum atomic E-state index is 0.324. The molecule has 11 heavy (non-hydrogen) atoms. The molecule has 0 aromatic heterocycles. The number of hydrogen-bond donors (Lipinski definition) is 2. The molecule has 1 atom stereocenters. The molecule has 1 fully saturated rings. The Bertz CT molecular complexity index is 108. The molecule has 0 aromatic carbocycles. The van der Waals surface area contributed by atoms with Gasteiger partial charge in [0, 0.05) is 32.3 Å². The van der Waals surface area contributed by atoms with E-state index in [1.54, 1.807) is 0 Å². The van der Waals surface area contributed by atoms with Crippen molar-refractivity contribution in [3.63, 3.8) is 0 Å². The highest BCUT2D eigenvalue weighted by Gasteiger charge is 2.16. The Kier molecular flexibility index (Phi) is 3.83. The van der Waals surface area contributed by atoms with Gasteiger partial charge in [-0.15, -0.1) is 0 Å². The molecule has 1 aliphatic rings. The highest BCUT2D eigenvalue weighted by molar-refractivity contribution is 4.76. The van der Waals surface area contributed by atoms with E-state index in [-0.39, 0.29) is 0 Å². The Hall–Kier alpha value is -0.120. The predicted molar refractivity (Wildman–Crippen MR) is 45.6 cm³/mol. The van der Waals surface area contributed by atoms with Gasteiger partial charge in [0.2, 0.25) is 0 Å². The van der Waals surface area contributed by atoms with Gasteiger partial charge in [-0.25, -0.2) is 0 Å². The molecule has 66 valence electrons. The van der Waals surface area contributed by atoms with Gasteiger partial charge >= 0.3 is 0 Å². The first-order chi connectivity index (χ1) is 5.34. The lowest BCUT2D eigenvalue weighted by Gasteiger charge is -2.32. The molecule has 1 unspecified atom stereocenters. The van der Waals surface area contributed by atoms with Crippen molar-refractivity contribution < 1.29 is 5.11 Å². The molecule has 2 N–H and O–H groups in total. The predicted octanol–water partition coefficient (Wildman–Crippen LogP) is -0.338. The van der Waals surface area contributed by atoms with E-state index in [0.717, 1.165) is 32.5 Å². The Morgan fingerprint density at radius 3 is 3.09 bits per heavy atom. The van der Waals surface area contributed by atoms with Crippen molar-refractivity contribution in [2.24, 2.45) is 0 Å². The Morgan fingerprint density at radius 1 is 1.64 bits per heavy atom. The summed E-state index contributed by atoms with van der Waals surface area (Å²) in [5, 5.41) is 12.0. The molecule has 0 aliphatic carbocycles. The van der Waals surface area contributed by atoms with Crippen LogP contribution in [0.5, 0.6) is 0 Å². The number of hydrogen-bond acceptors (Lipinski definition) is 3. The first-order valence-electron chi connectivity index (χ1n) is 4.36. The summed E-state index contributed by atoms with van der Waals surface area (Å²) >= 11 is 0. The zero-order chi connectivity index (χ0) is 8.10. The van der Waals surface area contributed by atoms with Gasteiger partial charge in [0.1, 0.15) is 0 Å². The minimum Gasteiger partial charge on any atom is -0.396 e. The molecule has 0 saturated carbocycles. The van der Waals surface area contributed by atoms with Gasteiger partial charge in [-0.2, -0.15) is 0 Å². The highest BCUT2D eigenvalue weighted by atomic mass is 16.2. The largest absolute Gasteiger partial charge is 0.396 e. The van der Waals surface area contributed by atoms with Crippen LogP contribution in [0.2, 0.25) is 0 Å². The van der Waals surface area contributed by atoms with Crippen molar-refractivity contribution >= 4 is 0 Å². The van der Waals surface area contributed by atoms with Crippen molar-refractivity contribution in [2.45, 2.75) is 18.9 Å². The molecule has 1 heterocycles. The van der Waals surface area contributed by atoms with E-state index in [1.807, 2.05) is 0 Å². The zero-order valence-electron chi connectivity index (χ0n) is 7.21. The molecule has 0 radical (unpaired) electrons. The third-order valence-electron chi connectivity index (χ3n) is 2.34. The van der Waals surface area contributed by atoms with Crippen molar-refractivity contribution in [1.82, 2.24) is 10.2 Å². The Balaban J connectivity index is 2.18. The summed E-state index contributed by atoms with van der Waals surface area (Å²) in [5.74, 6) is 0. The summed E-state index contributed by atoms with van der Waals surface area (Å²) in [6.45, 7) is 3.64. The third kappa shape index (κ3) is 2.77. The average Bonchev–Trinajstić information content (AvgIpc) is 2.03. The van der Waals surface area contributed by atoms with Crippen LogP contribution in [0, 0.1) is 0 Å². The number of aliphatic hydroxyl groups excluding tert-OH is 1. The normalized spacial score (nSPS) is 27.3. The van der Waals surface area contributed by atoms with Gasteiger partial charge in [0.05, 0.1) is 0 Å². The molecule has 1 aliphatic heterocycles. The second kappa shape index (κ2) is 4.70. The highest BCUT2D eigenvalue weighted by Crippen LogP contribution is 2.06. The van der Waals surface area contributed by atoms with E-state index in [4.69, 9.17) is 5.11 Å². The topological polar surface area (TPSA) is 35.5 Å². The van der Waals surface area contributed by atoms with Gasteiger partial charge in [-0.05, 0) is 19.9 Å². The van der Waals surface area contributed by atoms with Crippen LogP contribution in [0.1, 0.15) is 12.8 Å². The minimum absolute atomic E-state index is 0.324. The fourth-order valence-electron chi connectivity index (χ4n) is 1.51. The summed E-state index contributed by atoms with van der Waals surface area (Å²) in [4.78, 5) is 2.37. The zero-order valence-corrected chi connectivity index (χ0v) is 7.21. The van der Waals surface area contributed by atoms with Gasteiger partial charge in [-0.1, -0.05) is 0 Å². The summed E-state index contributed by atoms with van der Waals surface area (Å²) in [6.07, 6.45) is 2.04. The molecule has 1 saturated heterocycles. The van der Waals surface area contributed by atoms with E-state index >= 15 is 0 Å². The van der Waals surface area contributed by atoms with Crippen LogP contribution in [0.25, 0.3) is 0 Å². The Morgan fingerprint density at radius 2 is 2.45 bits per heavy atom. The smallest absolute Gasteiger partial charge is 0.0431 e. The van der Waals surface area contributed by atoms with Crippen LogP contribution in [-0.4, -0.2) is 49.3 Å². The molecule has 0 aromatic rings. The van der Waals surface area contributed by atoms with E-state index in [1.165, 1.54) is 0 Å². The van der Waals surface area contributed by atoms with Crippen LogP contribution in [0.3, 0.4) is 0 Å². The van der Waals surface area contributed by atoms with Crippen molar-refractivity contribution in [2.75, 3.05) is 33.3 Å². The van der Waals surface area contributed by atoms with Crippen LogP contribution in [-0.2, 0) is 0 Å². The molecule has 3 heteroatoms. The molecule has 0 spiro atoms. The second-order valence-corrected chi connectivity index (χ2v) is 3.20. The van der Waals surface area contributed by atoms with Gasteiger partial charge in [-0.3, -0.25) is 0 Å². The number of nitrogens with one attached hydrogen (secondary N) is 1. The number of nitrogens with zero attached hydrogens (tertiary/aromatic N) is 1. The van der Waals surface area contributed by atoms with Crippen molar-refractivity contribution in [3.05, 3.63) is 0 Å². The monoisotopic (exact) mass is 158 g/mol. The molecule has 1 rings (SSSR count). The number of piperazine rings is 1. The van der Waals surface area contributed by atoms with Gasteiger partial charge in [0.15, 0.2) is 0 Å². The second-order valence-electron chi connectivity index (χ2n) is 3.20. The lowest BCUT2D eigenvalue weighted by atomic mass is 10.1. The molecule has 3 nitrogen and oxygen atoms in total. The standard InChI is InChI=1S/C8H18N2O/c1-10-5-4-9-7-8(10)3-2-6-11/h8-9,11H,2-7H2,1H3. The van der Waals surface area contributed by atoms with Crippen molar-refractivity contribution in [1.29, 1.82) is 0 Å². The first kappa shape index (κ1) is 8.97. The van der Waals surface area contributed by atoms with Crippen LogP contribution >= 0.6 is 0 Å². The number of likely N-dealkylation sites (N-methyl/N-ethyl adjacent to an activating group) is 1. The lowest BCUT2D eigenvalue weighted by Crippen LogP contribution is -2.49. The third-order valence-corrected chi connectivity index (χ3v) is 2.34. The summed E-state index contributed by atoms with van der Waals surface area (Å²) in [5.41, 5.74) is 0. The number of rotatable bonds is 3. The SMILES string of the molecule is CN1CCNCC1CCCO. The summed E-state index contributed by atoms with van der Waals surface area (Å²) in [6, 6.07) is 0.635. The van der Waals surface area contributed by atoms with Gasteiger partial charge in [0.25, 0.3) is 0 Å². The van der Waals surface area contributed by atoms with Gasteiger partial charge < -0.3 is 15.3 Å². The van der Waals surface area contributed by atoms with Crippen LogP contribution < -0.4 is 5.32 Å². The maximum atomic E-state index is 8.64. The quantitative estimate of drug-likeness (QED) is 0.590. The average molecular weight is 158 g/mol. The lowest BCUT2D eigenvalue weighted by molar-refractivity contribution is 0.175. The molecule has 0 bridgehead atoms. The first-order valence-corrected chi connectivity index (χ1v) is 4.36. The summed E-state index contributed by atoms with van der Waals surface area (Å²) < 4.78 is 0. The van der Waals surface area contributed by atoms with E-state index in [0.29, 0.717) is 12.6 Å². The van der Waals surface area contributed by atoms with E-state index in [9.17, 15) is 0 Å². The van der Waals surface area contributed by atoms with Crippen LogP contribution in [0.4, 0.5) is 0 Å². The maximum Gasteiger partial charge on any atom is 0.0431 e. The fourth-order valence-corrected chi connectivity index (χ4v) is 1.51. The molecular weight excluding hydrogens is 140 g/mol. The fraction of sp³-hybridized carbons (Fsp3) is 1.00. The van der Waals surface area contributed by atoms with E-state index < -0.39 is 0 Å². The Labute approximate surface area is 68.4 Å². The summed E-state index contributed by atoms with van der Waals surface area (Å²) in [7, 11) is 2.16. The van der Waals surface area contributed by atoms with Crippen molar-refractivity contribution in [3.8, 4) is 0 Å². The molecule has 0 amide bonds. The van der Waals surface area contributed by atoms with E-state index in [2.05, 4.69) is 17.3 Å². The number of aliphatic hydroxyl groups is 1. The molecular formula is C8H18N2O. The maximum absolute atomic E-state index is 8.64. The van der Waals surface area contributed by atoms with Crippen LogP contribution in [0.15, 0.2) is 0 Å².